The van der Waals surface area contributed by atoms with Crippen LogP contribution in [0.5, 0.6) is 0 Å². The Morgan fingerprint density at radius 2 is 1.35 bits per heavy atom. The molecule has 0 bridgehead atoms. The predicted molar refractivity (Wildman–Crippen MR) is 82.5 cm³/mol. The second-order valence-corrected chi connectivity index (χ2v) is 5.02. The number of thioether (sulfide) groups is 1. The van der Waals surface area contributed by atoms with Gasteiger partial charge >= 0.3 is 0 Å². The third kappa shape index (κ3) is 2.56. The van der Waals surface area contributed by atoms with Crippen molar-refractivity contribution in [1.82, 2.24) is 15.2 Å². The molecule has 0 fully saturated rings. The van der Waals surface area contributed by atoms with Crippen molar-refractivity contribution in [2.45, 2.75) is 5.03 Å². The van der Waals surface area contributed by atoms with Crippen LogP contribution in [0.15, 0.2) is 65.7 Å². The van der Waals surface area contributed by atoms with Gasteiger partial charge in [-0.25, -0.2) is 4.98 Å². The summed E-state index contributed by atoms with van der Waals surface area (Å²) in [7, 11) is 0. The summed E-state index contributed by atoms with van der Waals surface area (Å²) < 4.78 is 0. The number of aromatic nitrogens is 3. The highest BCUT2D eigenvalue weighted by molar-refractivity contribution is 7.98. The smallest absolute Gasteiger partial charge is 0.182 e. The van der Waals surface area contributed by atoms with Gasteiger partial charge in [0, 0.05) is 11.1 Å². The Bertz CT molecular complexity index is 699. The fraction of sp³-hybridized carbons (Fsp3) is 0.0625. The summed E-state index contributed by atoms with van der Waals surface area (Å²) in [5.74, 6) is 0.662. The minimum absolute atomic E-state index is 0.662. The third-order valence-electron chi connectivity index (χ3n) is 2.93. The Balaban J connectivity index is 2.07. The molecule has 0 saturated carbocycles. The van der Waals surface area contributed by atoms with Crippen molar-refractivity contribution in [3.8, 4) is 22.6 Å². The maximum absolute atomic E-state index is 4.63. The minimum atomic E-state index is 0.662. The largest absolute Gasteiger partial charge is 0.218 e. The van der Waals surface area contributed by atoms with Crippen LogP contribution in [-0.2, 0) is 0 Å². The van der Waals surface area contributed by atoms with Crippen molar-refractivity contribution in [2.24, 2.45) is 0 Å². The second-order valence-electron chi connectivity index (χ2n) is 4.23. The van der Waals surface area contributed by atoms with Crippen LogP contribution in [0.3, 0.4) is 0 Å². The lowest BCUT2D eigenvalue weighted by Crippen LogP contribution is -1.98. The number of hydrogen-bond acceptors (Lipinski definition) is 4. The van der Waals surface area contributed by atoms with Gasteiger partial charge in [0.1, 0.15) is 10.7 Å². The van der Waals surface area contributed by atoms with E-state index in [4.69, 9.17) is 0 Å². The molecule has 0 amide bonds. The molecule has 20 heavy (non-hydrogen) atoms. The van der Waals surface area contributed by atoms with E-state index >= 15 is 0 Å². The quantitative estimate of drug-likeness (QED) is 0.681. The van der Waals surface area contributed by atoms with Crippen LogP contribution in [0, 0.1) is 0 Å². The molecule has 0 aliphatic rings. The van der Waals surface area contributed by atoms with Gasteiger partial charge < -0.3 is 0 Å². The van der Waals surface area contributed by atoms with E-state index in [2.05, 4.69) is 15.2 Å². The van der Waals surface area contributed by atoms with E-state index in [9.17, 15) is 0 Å². The molecular weight excluding hydrogens is 266 g/mol. The Hall–Kier alpha value is -2.20. The van der Waals surface area contributed by atoms with Gasteiger partial charge in [-0.2, -0.15) is 0 Å². The lowest BCUT2D eigenvalue weighted by Gasteiger charge is -2.07. The first-order chi connectivity index (χ1) is 9.88. The highest BCUT2D eigenvalue weighted by Crippen LogP contribution is 2.27. The molecule has 4 heteroatoms. The fourth-order valence-electron chi connectivity index (χ4n) is 1.94. The normalized spacial score (nSPS) is 10.4. The molecule has 2 aromatic carbocycles. The molecule has 0 aliphatic heterocycles. The summed E-state index contributed by atoms with van der Waals surface area (Å²) in [5, 5.41) is 9.52. The highest BCUT2D eigenvalue weighted by atomic mass is 32.2. The maximum atomic E-state index is 4.63. The van der Waals surface area contributed by atoms with Crippen molar-refractivity contribution in [3.63, 3.8) is 0 Å². The molecule has 0 radical (unpaired) electrons. The Labute approximate surface area is 122 Å². The summed E-state index contributed by atoms with van der Waals surface area (Å²) in [4.78, 5) is 4.63. The molecule has 0 aliphatic carbocycles. The molecule has 0 atom stereocenters. The van der Waals surface area contributed by atoms with Crippen LogP contribution in [0.2, 0.25) is 0 Å². The van der Waals surface area contributed by atoms with Gasteiger partial charge in [-0.3, -0.25) is 0 Å². The van der Waals surface area contributed by atoms with Gasteiger partial charge in [0.15, 0.2) is 5.82 Å². The van der Waals surface area contributed by atoms with Gasteiger partial charge in [0.25, 0.3) is 0 Å². The average Bonchev–Trinajstić information content (AvgIpc) is 2.56. The lowest BCUT2D eigenvalue weighted by atomic mass is 10.2. The molecule has 3 nitrogen and oxygen atoms in total. The van der Waals surface area contributed by atoms with Crippen molar-refractivity contribution in [3.05, 3.63) is 60.7 Å². The third-order valence-corrected chi connectivity index (χ3v) is 3.60. The second kappa shape index (κ2) is 5.84. The first-order valence-corrected chi connectivity index (χ1v) is 7.50. The maximum Gasteiger partial charge on any atom is 0.182 e. The first-order valence-electron chi connectivity index (χ1n) is 6.28. The Kier molecular flexibility index (Phi) is 3.74. The SMILES string of the molecule is CSc1nc(-c2ccccc2)nnc1-c1ccccc1. The van der Waals surface area contributed by atoms with Gasteiger partial charge in [0.2, 0.25) is 0 Å². The zero-order valence-electron chi connectivity index (χ0n) is 11.0. The van der Waals surface area contributed by atoms with Crippen LogP contribution < -0.4 is 0 Å². The molecule has 0 N–H and O–H groups in total. The molecule has 3 aromatic rings. The Morgan fingerprint density at radius 1 is 0.750 bits per heavy atom. The first kappa shape index (κ1) is 12.8. The van der Waals surface area contributed by atoms with E-state index in [1.807, 2.05) is 66.9 Å². The van der Waals surface area contributed by atoms with Gasteiger partial charge in [-0.1, -0.05) is 60.7 Å². The molecule has 1 aromatic heterocycles. The van der Waals surface area contributed by atoms with E-state index in [0.717, 1.165) is 21.8 Å². The van der Waals surface area contributed by atoms with E-state index < -0.39 is 0 Å². The van der Waals surface area contributed by atoms with E-state index in [1.165, 1.54) is 0 Å². The summed E-state index contributed by atoms with van der Waals surface area (Å²) in [5.41, 5.74) is 2.85. The van der Waals surface area contributed by atoms with Crippen LogP contribution in [0.25, 0.3) is 22.6 Å². The number of benzene rings is 2. The van der Waals surface area contributed by atoms with Gasteiger partial charge in [0.05, 0.1) is 0 Å². The average molecular weight is 279 g/mol. The summed E-state index contributed by atoms with van der Waals surface area (Å²) in [6, 6.07) is 19.9. The predicted octanol–water partition coefficient (Wildman–Crippen LogP) is 3.93. The molecule has 0 unspecified atom stereocenters. The zero-order chi connectivity index (χ0) is 13.8. The molecule has 1 heterocycles. The molecular formula is C16H13N3S. The van der Waals surface area contributed by atoms with Crippen LogP contribution in [-0.4, -0.2) is 21.4 Å². The number of hydrogen-bond donors (Lipinski definition) is 0. The molecule has 0 spiro atoms. The fourth-order valence-corrected chi connectivity index (χ4v) is 2.47. The molecule has 98 valence electrons. The summed E-state index contributed by atoms with van der Waals surface area (Å²) in [6.07, 6.45) is 2.01. The van der Waals surface area contributed by atoms with Crippen molar-refractivity contribution >= 4 is 11.8 Å². The Morgan fingerprint density at radius 3 is 1.95 bits per heavy atom. The van der Waals surface area contributed by atoms with Crippen molar-refractivity contribution < 1.29 is 0 Å². The molecule has 3 rings (SSSR count). The standard InChI is InChI=1S/C16H13N3S/c1-20-16-14(12-8-4-2-5-9-12)18-19-15(17-16)13-10-6-3-7-11-13/h2-11H,1H3. The van der Waals surface area contributed by atoms with Gasteiger partial charge in [-0.15, -0.1) is 22.0 Å². The summed E-state index contributed by atoms with van der Waals surface area (Å²) in [6.45, 7) is 0. The van der Waals surface area contributed by atoms with E-state index in [-0.39, 0.29) is 0 Å². The van der Waals surface area contributed by atoms with Crippen LogP contribution in [0.1, 0.15) is 0 Å². The molecule has 0 saturated heterocycles. The van der Waals surface area contributed by atoms with Crippen LogP contribution >= 0.6 is 11.8 Å². The zero-order valence-corrected chi connectivity index (χ0v) is 11.8. The van der Waals surface area contributed by atoms with Crippen molar-refractivity contribution in [2.75, 3.05) is 6.26 Å². The van der Waals surface area contributed by atoms with E-state index in [1.54, 1.807) is 11.8 Å². The van der Waals surface area contributed by atoms with Crippen molar-refractivity contribution in [1.29, 1.82) is 0 Å². The topological polar surface area (TPSA) is 38.7 Å². The van der Waals surface area contributed by atoms with E-state index in [0.29, 0.717) is 5.82 Å². The number of rotatable bonds is 3. The van der Waals surface area contributed by atoms with Crippen LogP contribution in [0.4, 0.5) is 0 Å². The summed E-state index contributed by atoms with van der Waals surface area (Å²) >= 11 is 1.59. The highest BCUT2D eigenvalue weighted by Gasteiger charge is 2.11. The monoisotopic (exact) mass is 279 g/mol. The van der Waals surface area contributed by atoms with Gasteiger partial charge in [-0.05, 0) is 6.26 Å². The lowest BCUT2D eigenvalue weighted by molar-refractivity contribution is 0.925. The number of nitrogens with zero attached hydrogens (tertiary/aromatic N) is 3. The minimum Gasteiger partial charge on any atom is -0.218 e.